The van der Waals surface area contributed by atoms with Crippen LogP contribution in [0.15, 0.2) is 48.5 Å². The van der Waals surface area contributed by atoms with Crippen LogP contribution in [0.4, 0.5) is 21.6 Å². The van der Waals surface area contributed by atoms with E-state index in [4.69, 9.17) is 17.3 Å². The Kier molecular flexibility index (Phi) is 5.21. The van der Waals surface area contributed by atoms with Crippen molar-refractivity contribution < 1.29 is 9.18 Å². The van der Waals surface area contributed by atoms with Gasteiger partial charge in [0.25, 0.3) is 0 Å². The zero-order valence-corrected chi connectivity index (χ0v) is 17.4. The first-order chi connectivity index (χ1) is 14.8. The lowest BCUT2D eigenvalue weighted by atomic mass is 10.1. The molecule has 0 fully saturated rings. The van der Waals surface area contributed by atoms with Crippen molar-refractivity contribution in [2.45, 2.75) is 32.5 Å². The number of halogens is 1. The smallest absolute Gasteiger partial charge is 0.242 e. The minimum absolute atomic E-state index is 0.130. The van der Waals surface area contributed by atoms with E-state index in [1.54, 1.807) is 43.0 Å². The molecule has 7 nitrogen and oxygen atoms in total. The summed E-state index contributed by atoms with van der Waals surface area (Å²) in [6.07, 6.45) is 0. The van der Waals surface area contributed by atoms with Crippen molar-refractivity contribution in [2.24, 2.45) is 5.73 Å². The van der Waals surface area contributed by atoms with E-state index in [1.165, 1.54) is 12.1 Å². The highest BCUT2D eigenvalue weighted by atomic mass is 19.1. The van der Waals surface area contributed by atoms with Crippen LogP contribution >= 0.6 is 0 Å². The molecule has 3 aromatic rings. The molecule has 0 radical (unpaired) electrons. The van der Waals surface area contributed by atoms with Crippen LogP contribution in [0.3, 0.4) is 0 Å². The van der Waals surface area contributed by atoms with Crippen molar-refractivity contribution in [3.8, 4) is 11.3 Å². The lowest BCUT2D eigenvalue weighted by molar-refractivity contribution is -0.137. The number of fused-ring (bicyclic) bond motifs is 1. The summed E-state index contributed by atoms with van der Waals surface area (Å²) in [5.41, 5.74) is 7.85. The molecule has 3 N–H and O–H groups in total. The summed E-state index contributed by atoms with van der Waals surface area (Å²) in [5, 5.41) is 3.40. The number of hydrogen-bond donors (Lipinski definition) is 2. The molecule has 0 unspecified atom stereocenters. The Morgan fingerprint density at radius 3 is 2.45 bits per heavy atom. The zero-order chi connectivity index (χ0) is 22.2. The molecule has 0 bridgehead atoms. The molecule has 0 saturated heterocycles. The van der Waals surface area contributed by atoms with Crippen LogP contribution in [-0.2, 0) is 17.9 Å². The molecule has 1 amide bonds. The van der Waals surface area contributed by atoms with E-state index in [0.29, 0.717) is 31.0 Å². The topological polar surface area (TPSA) is 80.5 Å². The van der Waals surface area contributed by atoms with Gasteiger partial charge in [0.05, 0.1) is 18.7 Å². The number of benzene rings is 2. The highest BCUT2D eigenvalue weighted by Gasteiger charge is 2.32. The standard InChI is InChI=1S/C23H23FN6O/c1-23(2,25)22(31)29-12-13-30-19(14-29)28-20(15-4-6-16(24)7-5-15)21(30)27-18-10-8-17(26-3)9-11-18/h4-11,27H,12-14,25H2,1-2H3. The predicted octanol–water partition coefficient (Wildman–Crippen LogP) is 4.06. The molecular weight excluding hydrogens is 395 g/mol. The van der Waals surface area contributed by atoms with E-state index in [1.807, 2.05) is 16.7 Å². The number of nitrogens with zero attached hydrogens (tertiary/aromatic N) is 4. The summed E-state index contributed by atoms with van der Waals surface area (Å²) in [6, 6.07) is 13.3. The summed E-state index contributed by atoms with van der Waals surface area (Å²) < 4.78 is 15.5. The molecular formula is C23H23FN6O. The fourth-order valence-corrected chi connectivity index (χ4v) is 3.60. The quantitative estimate of drug-likeness (QED) is 0.626. The zero-order valence-electron chi connectivity index (χ0n) is 17.4. The molecule has 4 rings (SSSR count). The Bertz CT molecular complexity index is 1150. The van der Waals surface area contributed by atoms with E-state index in [2.05, 4.69) is 10.2 Å². The van der Waals surface area contributed by atoms with Crippen molar-refractivity contribution in [1.29, 1.82) is 0 Å². The summed E-state index contributed by atoms with van der Waals surface area (Å²) in [4.78, 5) is 22.6. The van der Waals surface area contributed by atoms with E-state index < -0.39 is 5.54 Å². The molecule has 1 aliphatic heterocycles. The SMILES string of the molecule is [C-]#[N+]c1ccc(Nc2c(-c3ccc(F)cc3)nc3n2CCN(C(=O)C(C)(C)N)C3)cc1. The molecule has 2 heterocycles. The number of carbonyl (C=O) groups is 1. The number of hydrogen-bond acceptors (Lipinski definition) is 4. The number of nitrogens with two attached hydrogens (primary N) is 1. The Morgan fingerprint density at radius 1 is 1.16 bits per heavy atom. The van der Waals surface area contributed by atoms with Gasteiger partial charge in [0, 0.05) is 24.3 Å². The van der Waals surface area contributed by atoms with Crippen LogP contribution < -0.4 is 11.1 Å². The van der Waals surface area contributed by atoms with Gasteiger partial charge in [-0.25, -0.2) is 14.2 Å². The van der Waals surface area contributed by atoms with Crippen molar-refractivity contribution in [1.82, 2.24) is 14.5 Å². The van der Waals surface area contributed by atoms with E-state index in [-0.39, 0.29) is 11.7 Å². The summed E-state index contributed by atoms with van der Waals surface area (Å²) in [6.45, 7) is 11.9. The monoisotopic (exact) mass is 418 g/mol. The molecule has 0 saturated carbocycles. The number of carbonyl (C=O) groups excluding carboxylic acids is 1. The Hall–Kier alpha value is -3.70. The van der Waals surface area contributed by atoms with Crippen molar-refractivity contribution in [2.75, 3.05) is 11.9 Å². The van der Waals surface area contributed by atoms with Crippen molar-refractivity contribution >= 4 is 23.1 Å². The molecule has 158 valence electrons. The number of nitrogens with one attached hydrogen (secondary N) is 1. The molecule has 2 aromatic carbocycles. The lowest BCUT2D eigenvalue weighted by Gasteiger charge is -2.33. The van der Waals surface area contributed by atoms with Gasteiger partial charge in [-0.2, -0.15) is 0 Å². The maximum Gasteiger partial charge on any atom is 0.242 e. The van der Waals surface area contributed by atoms with Gasteiger partial charge >= 0.3 is 0 Å². The van der Waals surface area contributed by atoms with E-state index in [9.17, 15) is 9.18 Å². The molecule has 0 aliphatic carbocycles. The van der Waals surface area contributed by atoms with Gasteiger partial charge in [-0.15, -0.1) is 0 Å². The minimum Gasteiger partial charge on any atom is -0.340 e. The van der Waals surface area contributed by atoms with E-state index >= 15 is 0 Å². The van der Waals surface area contributed by atoms with Crippen molar-refractivity contribution in [3.05, 3.63) is 71.6 Å². The fourth-order valence-electron chi connectivity index (χ4n) is 3.60. The molecule has 0 spiro atoms. The average Bonchev–Trinajstić information content (AvgIpc) is 3.11. The molecule has 1 aliphatic rings. The van der Waals surface area contributed by atoms with Crippen LogP contribution in [0.2, 0.25) is 0 Å². The molecule has 31 heavy (non-hydrogen) atoms. The van der Waals surface area contributed by atoms with Gasteiger partial charge in [0.1, 0.15) is 23.2 Å². The molecule has 8 heteroatoms. The van der Waals surface area contributed by atoms with Gasteiger partial charge in [-0.05, 0) is 50.2 Å². The first-order valence-electron chi connectivity index (χ1n) is 9.94. The second kappa shape index (κ2) is 7.85. The number of anilines is 2. The minimum atomic E-state index is -0.958. The van der Waals surface area contributed by atoms with Gasteiger partial charge in [-0.1, -0.05) is 12.1 Å². The first-order valence-corrected chi connectivity index (χ1v) is 9.94. The van der Waals surface area contributed by atoms with Crippen LogP contribution in [0.25, 0.3) is 16.1 Å². The first kappa shape index (κ1) is 20.6. The molecule has 1 aromatic heterocycles. The number of rotatable bonds is 4. The number of amides is 1. The van der Waals surface area contributed by atoms with Crippen LogP contribution in [-0.4, -0.2) is 32.4 Å². The summed E-state index contributed by atoms with van der Waals surface area (Å²) >= 11 is 0. The fraction of sp³-hybridized carbons (Fsp3) is 0.261. The van der Waals surface area contributed by atoms with Crippen LogP contribution in [0.5, 0.6) is 0 Å². The molecule has 0 atom stereocenters. The van der Waals surface area contributed by atoms with Gasteiger partial charge in [0.2, 0.25) is 5.91 Å². The normalized spacial score (nSPS) is 13.5. The number of aromatic nitrogens is 2. The second-order valence-electron chi connectivity index (χ2n) is 8.12. The third kappa shape index (κ3) is 4.13. The highest BCUT2D eigenvalue weighted by Crippen LogP contribution is 2.34. The van der Waals surface area contributed by atoms with Gasteiger partial charge in [-0.3, -0.25) is 4.79 Å². The second-order valence-corrected chi connectivity index (χ2v) is 8.12. The van der Waals surface area contributed by atoms with Crippen LogP contribution in [0, 0.1) is 12.4 Å². The third-order valence-electron chi connectivity index (χ3n) is 5.19. The Labute approximate surface area is 180 Å². The third-order valence-corrected chi connectivity index (χ3v) is 5.19. The number of imidazole rings is 1. The largest absolute Gasteiger partial charge is 0.340 e. The summed E-state index contributed by atoms with van der Waals surface area (Å²) in [5.74, 6) is 1.04. The van der Waals surface area contributed by atoms with E-state index in [0.717, 1.165) is 22.9 Å². The summed E-state index contributed by atoms with van der Waals surface area (Å²) in [7, 11) is 0. The predicted molar refractivity (Wildman–Crippen MR) is 117 cm³/mol. The average molecular weight is 418 g/mol. The lowest BCUT2D eigenvalue weighted by Crippen LogP contribution is -2.52. The van der Waals surface area contributed by atoms with Crippen molar-refractivity contribution in [3.63, 3.8) is 0 Å². The van der Waals surface area contributed by atoms with Gasteiger partial charge < -0.3 is 20.5 Å². The Morgan fingerprint density at radius 2 is 1.84 bits per heavy atom. The Balaban J connectivity index is 1.74. The highest BCUT2D eigenvalue weighted by molar-refractivity contribution is 5.85. The maximum absolute atomic E-state index is 13.5. The van der Waals surface area contributed by atoms with Gasteiger partial charge in [0.15, 0.2) is 5.69 Å². The maximum atomic E-state index is 13.5. The van der Waals surface area contributed by atoms with Crippen LogP contribution in [0.1, 0.15) is 19.7 Å².